The van der Waals surface area contributed by atoms with Crippen LogP contribution in [0.15, 0.2) is 48.5 Å². The van der Waals surface area contributed by atoms with Gasteiger partial charge in [-0.25, -0.2) is 0 Å². The van der Waals surface area contributed by atoms with E-state index >= 15 is 0 Å². The van der Waals surface area contributed by atoms with Crippen LogP contribution >= 0.6 is 12.4 Å². The van der Waals surface area contributed by atoms with E-state index in [0.717, 1.165) is 24.1 Å². The molecule has 1 amide bonds. The first-order valence-electron chi connectivity index (χ1n) is 9.17. The summed E-state index contributed by atoms with van der Waals surface area (Å²) >= 11 is 0. The highest BCUT2D eigenvalue weighted by atomic mass is 35.5. The molecular formula is C22H29ClN2O2. The molecule has 0 radical (unpaired) electrons. The molecule has 0 unspecified atom stereocenters. The molecule has 0 fully saturated rings. The Balaban J connectivity index is 0.00000364. The van der Waals surface area contributed by atoms with E-state index in [1.807, 2.05) is 48.5 Å². The Morgan fingerprint density at radius 3 is 2.11 bits per heavy atom. The number of hydrogen-bond donors (Lipinski definition) is 2. The van der Waals surface area contributed by atoms with Crippen LogP contribution in [0, 0.1) is 5.92 Å². The van der Waals surface area contributed by atoms with Crippen LogP contribution in [0.1, 0.15) is 48.2 Å². The smallest absolute Gasteiger partial charge is 0.220 e. The van der Waals surface area contributed by atoms with Gasteiger partial charge < -0.3 is 11.1 Å². The number of nitrogens with one attached hydrogen (secondary N) is 1. The molecule has 5 heteroatoms. The lowest BCUT2D eigenvalue weighted by Gasteiger charge is -2.07. The van der Waals surface area contributed by atoms with Gasteiger partial charge >= 0.3 is 0 Å². The third kappa shape index (κ3) is 8.27. The molecule has 0 aliphatic carbocycles. The third-order valence-corrected chi connectivity index (χ3v) is 4.21. The molecule has 0 saturated carbocycles. The highest BCUT2D eigenvalue weighted by Gasteiger charge is 2.09. The van der Waals surface area contributed by atoms with Crippen molar-refractivity contribution < 1.29 is 9.59 Å². The summed E-state index contributed by atoms with van der Waals surface area (Å²) in [6, 6.07) is 15.3. The van der Waals surface area contributed by atoms with Gasteiger partial charge in [0.05, 0.1) is 0 Å². The van der Waals surface area contributed by atoms with Crippen molar-refractivity contribution in [2.45, 2.75) is 39.5 Å². The van der Waals surface area contributed by atoms with Crippen molar-refractivity contribution in [2.24, 2.45) is 5.92 Å². The summed E-state index contributed by atoms with van der Waals surface area (Å²) in [5, 5.41) is 2.86. The van der Waals surface area contributed by atoms with Crippen molar-refractivity contribution in [3.05, 3.63) is 65.2 Å². The van der Waals surface area contributed by atoms with E-state index in [2.05, 4.69) is 19.2 Å². The predicted molar refractivity (Wildman–Crippen MR) is 113 cm³/mol. The Labute approximate surface area is 168 Å². The van der Waals surface area contributed by atoms with Crippen molar-refractivity contribution in [1.29, 1.82) is 0 Å². The van der Waals surface area contributed by atoms with Crippen molar-refractivity contribution in [2.75, 3.05) is 12.3 Å². The molecule has 2 rings (SSSR count). The molecule has 2 aromatic rings. The molecule has 0 bridgehead atoms. The highest BCUT2D eigenvalue weighted by molar-refractivity contribution is 5.97. The normalized spacial score (nSPS) is 10.3. The van der Waals surface area contributed by atoms with Gasteiger partial charge in [-0.2, -0.15) is 0 Å². The average Bonchev–Trinajstić information content (AvgIpc) is 2.61. The molecule has 0 atom stereocenters. The number of nitrogens with two attached hydrogens (primary N) is 1. The van der Waals surface area contributed by atoms with E-state index in [9.17, 15) is 9.59 Å². The Morgan fingerprint density at radius 2 is 1.52 bits per heavy atom. The summed E-state index contributed by atoms with van der Waals surface area (Å²) in [7, 11) is 0. The minimum atomic E-state index is -0.0924. The van der Waals surface area contributed by atoms with Crippen LogP contribution in [-0.2, 0) is 17.6 Å². The van der Waals surface area contributed by atoms with E-state index in [4.69, 9.17) is 5.73 Å². The van der Waals surface area contributed by atoms with Gasteiger partial charge in [0, 0.05) is 30.6 Å². The van der Waals surface area contributed by atoms with Gasteiger partial charge in [0.2, 0.25) is 5.91 Å². The quantitative estimate of drug-likeness (QED) is 0.499. The first kappa shape index (κ1) is 22.7. The molecule has 0 saturated heterocycles. The number of carbonyl (C=O) groups excluding carboxylic acids is 2. The van der Waals surface area contributed by atoms with Crippen LogP contribution in [0.25, 0.3) is 0 Å². The summed E-state index contributed by atoms with van der Waals surface area (Å²) in [5.41, 5.74) is 9.41. The van der Waals surface area contributed by atoms with Gasteiger partial charge in [0.1, 0.15) is 0 Å². The Bertz CT molecular complexity index is 725. The van der Waals surface area contributed by atoms with E-state index in [1.165, 1.54) is 5.56 Å². The second kappa shape index (κ2) is 11.4. The molecule has 0 spiro atoms. The number of benzene rings is 2. The molecule has 0 heterocycles. The summed E-state index contributed by atoms with van der Waals surface area (Å²) in [4.78, 5) is 24.1. The monoisotopic (exact) mass is 388 g/mol. The molecule has 0 aliphatic rings. The Morgan fingerprint density at radius 1 is 0.926 bits per heavy atom. The second-order valence-electron chi connectivity index (χ2n) is 7.06. The predicted octanol–water partition coefficient (Wildman–Crippen LogP) is 4.21. The maximum atomic E-state index is 12.2. The lowest BCUT2D eigenvalue weighted by atomic mass is 9.99. The number of amides is 1. The fraction of sp³-hybridized carbons (Fsp3) is 0.364. The van der Waals surface area contributed by atoms with Crippen LogP contribution in [0.2, 0.25) is 0 Å². The van der Waals surface area contributed by atoms with Crippen LogP contribution < -0.4 is 11.1 Å². The molecular weight excluding hydrogens is 360 g/mol. The molecule has 2 aromatic carbocycles. The van der Waals surface area contributed by atoms with Crippen molar-refractivity contribution in [3.63, 3.8) is 0 Å². The standard InChI is InChI=1S/C22H28N2O2.ClH/c1-16(2)15-18-3-7-19(8-4-18)21(25)11-12-22(26)24-14-13-17-5-9-20(23)10-6-17;/h3-10,16H,11-15,23H2,1-2H3,(H,24,26);1H. The summed E-state index contributed by atoms with van der Waals surface area (Å²) in [5.74, 6) is 0.508. The van der Waals surface area contributed by atoms with Gasteiger partial charge in [-0.05, 0) is 42.0 Å². The van der Waals surface area contributed by atoms with E-state index < -0.39 is 0 Å². The number of carbonyl (C=O) groups is 2. The molecule has 146 valence electrons. The summed E-state index contributed by atoms with van der Waals surface area (Å²) in [6.45, 7) is 4.90. The SMILES string of the molecule is CC(C)Cc1ccc(C(=O)CCC(=O)NCCc2ccc(N)cc2)cc1.Cl. The molecule has 27 heavy (non-hydrogen) atoms. The lowest BCUT2D eigenvalue weighted by molar-refractivity contribution is -0.121. The fourth-order valence-corrected chi connectivity index (χ4v) is 2.79. The van der Waals surface area contributed by atoms with Crippen LogP contribution in [0.5, 0.6) is 0 Å². The lowest BCUT2D eigenvalue weighted by Crippen LogP contribution is -2.26. The first-order valence-corrected chi connectivity index (χ1v) is 9.17. The maximum absolute atomic E-state index is 12.2. The van der Waals surface area contributed by atoms with Crippen LogP contribution in [0.4, 0.5) is 5.69 Å². The topological polar surface area (TPSA) is 72.2 Å². The second-order valence-corrected chi connectivity index (χ2v) is 7.06. The number of rotatable bonds is 9. The van der Waals surface area contributed by atoms with Gasteiger partial charge in [0.15, 0.2) is 5.78 Å². The van der Waals surface area contributed by atoms with Gasteiger partial charge in [-0.1, -0.05) is 50.2 Å². The largest absolute Gasteiger partial charge is 0.399 e. The molecule has 0 aliphatic heterocycles. The van der Waals surface area contributed by atoms with E-state index in [0.29, 0.717) is 18.0 Å². The Kier molecular flexibility index (Phi) is 9.59. The van der Waals surface area contributed by atoms with E-state index in [-0.39, 0.29) is 36.9 Å². The van der Waals surface area contributed by atoms with Gasteiger partial charge in [-0.3, -0.25) is 9.59 Å². The maximum Gasteiger partial charge on any atom is 0.220 e. The zero-order chi connectivity index (χ0) is 18.9. The summed E-state index contributed by atoms with van der Waals surface area (Å²) in [6.07, 6.45) is 2.20. The number of ketones is 1. The number of halogens is 1. The Hall–Kier alpha value is -2.33. The third-order valence-electron chi connectivity index (χ3n) is 4.21. The fourth-order valence-electron chi connectivity index (χ4n) is 2.79. The van der Waals surface area contributed by atoms with Crippen LogP contribution in [0.3, 0.4) is 0 Å². The first-order chi connectivity index (χ1) is 12.4. The number of anilines is 1. The van der Waals surface area contributed by atoms with Crippen molar-refractivity contribution in [3.8, 4) is 0 Å². The van der Waals surface area contributed by atoms with Gasteiger partial charge in [-0.15, -0.1) is 12.4 Å². The number of nitrogen functional groups attached to an aromatic ring is 1. The minimum absolute atomic E-state index is 0. The zero-order valence-corrected chi connectivity index (χ0v) is 16.9. The average molecular weight is 389 g/mol. The molecule has 0 aromatic heterocycles. The number of hydrogen-bond acceptors (Lipinski definition) is 3. The van der Waals surface area contributed by atoms with Crippen molar-refractivity contribution in [1.82, 2.24) is 5.32 Å². The number of Topliss-reactive ketones (excluding diaryl/α,β-unsaturated/α-hetero) is 1. The summed E-state index contributed by atoms with van der Waals surface area (Å²) < 4.78 is 0. The highest BCUT2D eigenvalue weighted by Crippen LogP contribution is 2.12. The van der Waals surface area contributed by atoms with Crippen LogP contribution in [-0.4, -0.2) is 18.2 Å². The van der Waals surface area contributed by atoms with Gasteiger partial charge in [0.25, 0.3) is 0 Å². The van der Waals surface area contributed by atoms with Crippen molar-refractivity contribution >= 4 is 29.8 Å². The molecule has 3 N–H and O–H groups in total. The van der Waals surface area contributed by atoms with E-state index in [1.54, 1.807) is 0 Å². The zero-order valence-electron chi connectivity index (χ0n) is 16.0. The molecule has 4 nitrogen and oxygen atoms in total. The minimum Gasteiger partial charge on any atom is -0.399 e.